The summed E-state index contributed by atoms with van der Waals surface area (Å²) in [5.41, 5.74) is 0. The van der Waals surface area contributed by atoms with Crippen LogP contribution in [0.5, 0.6) is 0 Å². The Bertz CT molecular complexity index is 370. The van der Waals surface area contributed by atoms with Crippen molar-refractivity contribution >= 4 is 29.9 Å². The topological polar surface area (TPSA) is 30.9 Å². The predicted molar refractivity (Wildman–Crippen MR) is 115 cm³/mol. The molecule has 2 fully saturated rings. The third kappa shape index (κ3) is 6.04. The lowest BCUT2D eigenvalue weighted by molar-refractivity contribution is 0.316. The van der Waals surface area contributed by atoms with Crippen LogP contribution < -0.4 is 5.32 Å². The van der Waals surface area contributed by atoms with Crippen LogP contribution in [0.25, 0.3) is 0 Å². The molecule has 2 atom stereocenters. The molecule has 0 aromatic rings. The van der Waals surface area contributed by atoms with Crippen LogP contribution in [0.2, 0.25) is 0 Å². The van der Waals surface area contributed by atoms with Gasteiger partial charge in [0.2, 0.25) is 0 Å². The molecular formula is C19H39IN4. The molecule has 4 nitrogen and oxygen atoms in total. The number of halogens is 1. The molecule has 0 radical (unpaired) electrons. The van der Waals surface area contributed by atoms with Crippen molar-refractivity contribution in [3.63, 3.8) is 0 Å². The summed E-state index contributed by atoms with van der Waals surface area (Å²) in [4.78, 5) is 9.64. The van der Waals surface area contributed by atoms with Gasteiger partial charge in [0.05, 0.1) is 0 Å². The van der Waals surface area contributed by atoms with Crippen molar-refractivity contribution in [2.45, 2.75) is 52.9 Å². The van der Waals surface area contributed by atoms with Crippen LogP contribution in [0.4, 0.5) is 0 Å². The summed E-state index contributed by atoms with van der Waals surface area (Å²) in [7, 11) is 1.94. The van der Waals surface area contributed by atoms with Crippen molar-refractivity contribution in [1.29, 1.82) is 0 Å². The molecule has 5 heteroatoms. The highest BCUT2D eigenvalue weighted by Gasteiger charge is 2.30. The lowest BCUT2D eigenvalue weighted by Crippen LogP contribution is -2.42. The van der Waals surface area contributed by atoms with E-state index in [2.05, 4.69) is 40.9 Å². The molecule has 0 aromatic heterocycles. The molecule has 0 aromatic carbocycles. The van der Waals surface area contributed by atoms with Gasteiger partial charge in [-0.3, -0.25) is 4.99 Å². The molecule has 2 unspecified atom stereocenters. The molecule has 2 saturated heterocycles. The molecule has 0 bridgehead atoms. The largest absolute Gasteiger partial charge is 0.356 e. The summed E-state index contributed by atoms with van der Waals surface area (Å²) < 4.78 is 0. The van der Waals surface area contributed by atoms with Crippen LogP contribution in [0.1, 0.15) is 52.9 Å². The number of likely N-dealkylation sites (tertiary alicyclic amines) is 2. The second kappa shape index (κ2) is 11.6. The standard InChI is InChI=1S/C19H38N4.HI/c1-5-10-22-11-8-16(14-22)13-21-19(20-4)23-12-9-18(15-23)17(6-2)7-3;/h16-18H,5-15H2,1-4H3,(H,20,21);1H. The van der Waals surface area contributed by atoms with E-state index in [1.807, 2.05) is 7.05 Å². The van der Waals surface area contributed by atoms with E-state index in [0.717, 1.165) is 30.3 Å². The van der Waals surface area contributed by atoms with Gasteiger partial charge >= 0.3 is 0 Å². The van der Waals surface area contributed by atoms with Gasteiger partial charge in [-0.25, -0.2) is 0 Å². The zero-order valence-corrected chi connectivity index (χ0v) is 18.6. The Hall–Kier alpha value is -0.0400. The first kappa shape index (κ1) is 22.0. The Balaban J connectivity index is 0.00000288. The van der Waals surface area contributed by atoms with Gasteiger partial charge in [0.25, 0.3) is 0 Å². The lowest BCUT2D eigenvalue weighted by atomic mass is 9.87. The highest BCUT2D eigenvalue weighted by Crippen LogP contribution is 2.28. The molecule has 1 N–H and O–H groups in total. The highest BCUT2D eigenvalue weighted by molar-refractivity contribution is 14.0. The van der Waals surface area contributed by atoms with E-state index in [9.17, 15) is 0 Å². The zero-order valence-electron chi connectivity index (χ0n) is 16.3. The predicted octanol–water partition coefficient (Wildman–Crippen LogP) is 3.67. The Morgan fingerprint density at radius 1 is 1.12 bits per heavy atom. The summed E-state index contributed by atoms with van der Waals surface area (Å²) in [5.74, 6) is 3.66. The number of guanidine groups is 1. The smallest absolute Gasteiger partial charge is 0.193 e. The molecule has 0 amide bonds. The van der Waals surface area contributed by atoms with Gasteiger partial charge in [-0.2, -0.15) is 0 Å². The molecule has 24 heavy (non-hydrogen) atoms. The molecule has 0 saturated carbocycles. The Morgan fingerprint density at radius 2 is 1.88 bits per heavy atom. The Kier molecular flexibility index (Phi) is 10.6. The van der Waals surface area contributed by atoms with Crippen LogP contribution >= 0.6 is 24.0 Å². The first-order chi connectivity index (χ1) is 11.2. The molecule has 2 heterocycles. The molecule has 0 aliphatic carbocycles. The minimum absolute atomic E-state index is 0. The Labute approximate surface area is 166 Å². The fraction of sp³-hybridized carbons (Fsp3) is 0.947. The number of hydrogen-bond donors (Lipinski definition) is 1. The van der Waals surface area contributed by atoms with Gasteiger partial charge in [-0.05, 0) is 50.1 Å². The van der Waals surface area contributed by atoms with Crippen LogP contribution in [0, 0.1) is 17.8 Å². The maximum absolute atomic E-state index is 4.55. The van der Waals surface area contributed by atoms with Crippen molar-refractivity contribution in [3.8, 4) is 0 Å². The number of aliphatic imine (C=N–C) groups is 1. The van der Waals surface area contributed by atoms with E-state index >= 15 is 0 Å². The normalized spacial score (nSPS) is 25.4. The summed E-state index contributed by atoms with van der Waals surface area (Å²) in [5, 5.41) is 3.66. The molecule has 2 rings (SSSR count). The summed E-state index contributed by atoms with van der Waals surface area (Å²) >= 11 is 0. The van der Waals surface area contributed by atoms with Crippen LogP contribution in [-0.2, 0) is 0 Å². The van der Waals surface area contributed by atoms with Crippen molar-refractivity contribution in [1.82, 2.24) is 15.1 Å². The fourth-order valence-electron chi connectivity index (χ4n) is 4.49. The van der Waals surface area contributed by atoms with Crippen molar-refractivity contribution in [2.24, 2.45) is 22.7 Å². The average Bonchev–Trinajstić information content (AvgIpc) is 3.20. The van der Waals surface area contributed by atoms with Gasteiger partial charge in [0.1, 0.15) is 0 Å². The van der Waals surface area contributed by atoms with E-state index in [4.69, 9.17) is 0 Å². The van der Waals surface area contributed by atoms with Crippen molar-refractivity contribution in [2.75, 3.05) is 46.3 Å². The van der Waals surface area contributed by atoms with Crippen molar-refractivity contribution < 1.29 is 0 Å². The average molecular weight is 450 g/mol. The second-order valence-corrected chi connectivity index (χ2v) is 7.45. The fourth-order valence-corrected chi connectivity index (χ4v) is 4.49. The molecule has 2 aliphatic heterocycles. The van der Waals surface area contributed by atoms with E-state index < -0.39 is 0 Å². The maximum Gasteiger partial charge on any atom is 0.193 e. The zero-order chi connectivity index (χ0) is 16.7. The first-order valence-electron chi connectivity index (χ1n) is 9.89. The molecule has 142 valence electrons. The summed E-state index contributed by atoms with van der Waals surface area (Å²) in [6, 6.07) is 0. The summed E-state index contributed by atoms with van der Waals surface area (Å²) in [6.45, 7) is 14.2. The number of hydrogen-bond acceptors (Lipinski definition) is 2. The van der Waals surface area contributed by atoms with Crippen LogP contribution in [0.3, 0.4) is 0 Å². The third-order valence-electron chi connectivity index (χ3n) is 5.91. The molecule has 0 spiro atoms. The van der Waals surface area contributed by atoms with Gasteiger partial charge in [0, 0.05) is 33.2 Å². The van der Waals surface area contributed by atoms with Crippen molar-refractivity contribution in [3.05, 3.63) is 0 Å². The number of rotatable bonds is 7. The van der Waals surface area contributed by atoms with Crippen LogP contribution in [-0.4, -0.2) is 62.1 Å². The SMILES string of the molecule is CCCN1CCC(CNC(=NC)N2CCC(C(CC)CC)C2)C1.I. The summed E-state index contributed by atoms with van der Waals surface area (Å²) in [6.07, 6.45) is 6.57. The van der Waals surface area contributed by atoms with Gasteiger partial charge in [-0.15, -0.1) is 24.0 Å². The number of nitrogens with one attached hydrogen (secondary N) is 1. The Morgan fingerprint density at radius 3 is 2.50 bits per heavy atom. The maximum atomic E-state index is 4.55. The molecule has 2 aliphatic rings. The van der Waals surface area contributed by atoms with E-state index in [1.54, 1.807) is 0 Å². The minimum atomic E-state index is 0. The number of nitrogens with zero attached hydrogens (tertiary/aromatic N) is 3. The monoisotopic (exact) mass is 450 g/mol. The van der Waals surface area contributed by atoms with E-state index in [1.165, 1.54) is 64.8 Å². The quantitative estimate of drug-likeness (QED) is 0.365. The third-order valence-corrected chi connectivity index (χ3v) is 5.91. The van der Waals surface area contributed by atoms with E-state index in [-0.39, 0.29) is 24.0 Å². The van der Waals surface area contributed by atoms with Gasteiger partial charge < -0.3 is 15.1 Å². The lowest BCUT2D eigenvalue weighted by Gasteiger charge is -2.25. The van der Waals surface area contributed by atoms with E-state index in [0.29, 0.717) is 0 Å². The first-order valence-corrected chi connectivity index (χ1v) is 9.89. The van der Waals surface area contributed by atoms with Gasteiger partial charge in [-0.1, -0.05) is 33.6 Å². The van der Waals surface area contributed by atoms with Gasteiger partial charge in [0.15, 0.2) is 5.96 Å². The minimum Gasteiger partial charge on any atom is -0.356 e. The second-order valence-electron chi connectivity index (χ2n) is 7.45. The molecular weight excluding hydrogens is 411 g/mol. The highest BCUT2D eigenvalue weighted by atomic mass is 127. The van der Waals surface area contributed by atoms with Crippen LogP contribution in [0.15, 0.2) is 4.99 Å².